The predicted octanol–water partition coefficient (Wildman–Crippen LogP) is 2.65. The zero-order valence-electron chi connectivity index (χ0n) is 11.5. The molecule has 2 N–H and O–H groups in total. The molecular weight excluding hydrogens is 278 g/mol. The van der Waals surface area contributed by atoms with Crippen LogP contribution in [0.4, 0.5) is 5.69 Å². The number of pyridine rings is 1. The molecule has 0 spiro atoms. The van der Waals surface area contributed by atoms with Gasteiger partial charge in [0.2, 0.25) is 0 Å². The van der Waals surface area contributed by atoms with Crippen LogP contribution in [0.1, 0.15) is 16.1 Å². The minimum atomic E-state index is -0.432. The Balaban J connectivity index is 1.95. The lowest BCUT2D eigenvalue weighted by molar-refractivity contribution is 0.102. The molecule has 0 aliphatic heterocycles. The summed E-state index contributed by atoms with van der Waals surface area (Å²) in [5.74, 6) is -0.432. The molecule has 5 nitrogen and oxygen atoms in total. The van der Waals surface area contributed by atoms with Crippen LogP contribution < -0.4 is 10.9 Å². The van der Waals surface area contributed by atoms with Gasteiger partial charge in [-0.15, -0.1) is 0 Å². The third kappa shape index (κ3) is 2.58. The van der Waals surface area contributed by atoms with E-state index in [9.17, 15) is 9.59 Å². The highest BCUT2D eigenvalue weighted by Crippen LogP contribution is 2.13. The summed E-state index contributed by atoms with van der Waals surface area (Å²) in [6.45, 7) is 0. The van der Waals surface area contributed by atoms with Gasteiger partial charge in [-0.25, -0.2) is 0 Å². The fourth-order valence-corrected chi connectivity index (χ4v) is 2.20. The van der Waals surface area contributed by atoms with E-state index >= 15 is 0 Å². The minimum Gasteiger partial charge on any atom is -0.321 e. The SMILES string of the molecule is N#Cc1cccc(NC(=O)c2cc3ccccc3c(=O)[nH]2)c1. The predicted molar refractivity (Wildman–Crippen MR) is 83.7 cm³/mol. The van der Waals surface area contributed by atoms with Gasteiger partial charge in [0.25, 0.3) is 11.5 Å². The molecule has 3 rings (SSSR count). The average Bonchev–Trinajstić information content (AvgIpc) is 2.55. The third-order valence-corrected chi connectivity index (χ3v) is 3.25. The Morgan fingerprint density at radius 3 is 2.73 bits per heavy atom. The number of hydrogen-bond donors (Lipinski definition) is 2. The van der Waals surface area contributed by atoms with Crippen molar-refractivity contribution in [2.45, 2.75) is 0 Å². The van der Waals surface area contributed by atoms with Gasteiger partial charge in [0, 0.05) is 11.1 Å². The maximum atomic E-state index is 12.2. The van der Waals surface area contributed by atoms with Crippen molar-refractivity contribution in [2.75, 3.05) is 5.32 Å². The van der Waals surface area contributed by atoms with E-state index in [1.165, 1.54) is 0 Å². The molecule has 1 aromatic heterocycles. The molecule has 0 unspecified atom stereocenters. The Morgan fingerprint density at radius 2 is 1.91 bits per heavy atom. The number of benzene rings is 2. The molecule has 106 valence electrons. The van der Waals surface area contributed by atoms with Crippen LogP contribution in [0.3, 0.4) is 0 Å². The smallest absolute Gasteiger partial charge is 0.272 e. The van der Waals surface area contributed by atoms with Crippen molar-refractivity contribution < 1.29 is 4.79 Å². The number of aromatic nitrogens is 1. The Kier molecular flexibility index (Phi) is 3.42. The van der Waals surface area contributed by atoms with E-state index in [1.54, 1.807) is 54.6 Å². The zero-order chi connectivity index (χ0) is 15.5. The molecule has 0 atom stereocenters. The molecule has 0 fully saturated rings. The maximum absolute atomic E-state index is 12.2. The number of nitrogens with one attached hydrogen (secondary N) is 2. The van der Waals surface area contributed by atoms with Gasteiger partial charge in [-0.2, -0.15) is 5.26 Å². The maximum Gasteiger partial charge on any atom is 0.272 e. The van der Waals surface area contributed by atoms with Crippen molar-refractivity contribution in [2.24, 2.45) is 0 Å². The number of nitrogens with zero attached hydrogens (tertiary/aromatic N) is 1. The monoisotopic (exact) mass is 289 g/mol. The van der Waals surface area contributed by atoms with E-state index in [1.807, 2.05) is 6.07 Å². The Labute approximate surface area is 125 Å². The van der Waals surface area contributed by atoms with Crippen molar-refractivity contribution in [3.8, 4) is 6.07 Å². The van der Waals surface area contributed by atoms with Crippen LogP contribution in [-0.2, 0) is 0 Å². The van der Waals surface area contributed by atoms with Crippen LogP contribution in [-0.4, -0.2) is 10.9 Å². The van der Waals surface area contributed by atoms with E-state index in [2.05, 4.69) is 10.3 Å². The number of rotatable bonds is 2. The molecule has 0 saturated heterocycles. The van der Waals surface area contributed by atoms with E-state index in [0.29, 0.717) is 22.0 Å². The summed E-state index contributed by atoms with van der Waals surface area (Å²) < 4.78 is 0. The fraction of sp³-hybridized carbons (Fsp3) is 0. The Morgan fingerprint density at radius 1 is 1.09 bits per heavy atom. The second-order valence-electron chi connectivity index (χ2n) is 4.75. The van der Waals surface area contributed by atoms with Crippen LogP contribution in [0.2, 0.25) is 0 Å². The molecule has 0 bridgehead atoms. The number of hydrogen-bond acceptors (Lipinski definition) is 3. The molecule has 0 aliphatic carbocycles. The second-order valence-corrected chi connectivity index (χ2v) is 4.75. The lowest BCUT2D eigenvalue weighted by Gasteiger charge is -2.06. The first kappa shape index (κ1) is 13.6. The van der Waals surface area contributed by atoms with Crippen LogP contribution >= 0.6 is 0 Å². The summed E-state index contributed by atoms with van der Waals surface area (Å²) in [7, 11) is 0. The molecule has 22 heavy (non-hydrogen) atoms. The molecule has 0 radical (unpaired) electrons. The summed E-state index contributed by atoms with van der Waals surface area (Å²) in [5.41, 5.74) is 0.808. The third-order valence-electron chi connectivity index (χ3n) is 3.25. The van der Waals surface area contributed by atoms with Crippen LogP contribution in [0, 0.1) is 11.3 Å². The number of nitriles is 1. The van der Waals surface area contributed by atoms with E-state index in [4.69, 9.17) is 5.26 Å². The number of aromatic amines is 1. The fourth-order valence-electron chi connectivity index (χ4n) is 2.20. The number of fused-ring (bicyclic) bond motifs is 1. The molecular formula is C17H11N3O2. The van der Waals surface area contributed by atoms with E-state index in [-0.39, 0.29) is 11.3 Å². The Bertz CT molecular complexity index is 967. The van der Waals surface area contributed by atoms with Crippen LogP contribution in [0.25, 0.3) is 10.8 Å². The number of amides is 1. The first-order valence-electron chi connectivity index (χ1n) is 6.61. The summed E-state index contributed by atoms with van der Waals surface area (Å²) in [6, 6.07) is 17.2. The van der Waals surface area contributed by atoms with Crippen LogP contribution in [0.15, 0.2) is 59.4 Å². The number of carbonyl (C=O) groups excluding carboxylic acids is 1. The van der Waals surface area contributed by atoms with Gasteiger partial charge in [0.1, 0.15) is 5.69 Å². The van der Waals surface area contributed by atoms with E-state index in [0.717, 1.165) is 0 Å². The zero-order valence-corrected chi connectivity index (χ0v) is 11.5. The highest BCUT2D eigenvalue weighted by Gasteiger charge is 2.10. The summed E-state index contributed by atoms with van der Waals surface area (Å²) >= 11 is 0. The van der Waals surface area contributed by atoms with Gasteiger partial charge >= 0.3 is 0 Å². The topological polar surface area (TPSA) is 85.8 Å². The highest BCUT2D eigenvalue weighted by molar-refractivity contribution is 6.04. The number of anilines is 1. The lowest BCUT2D eigenvalue weighted by Crippen LogP contribution is -2.18. The van der Waals surface area contributed by atoms with Crippen molar-refractivity contribution in [3.05, 3.63) is 76.2 Å². The average molecular weight is 289 g/mol. The standard InChI is InChI=1S/C17H11N3O2/c18-10-11-4-3-6-13(8-11)19-17(22)15-9-12-5-1-2-7-14(12)16(21)20-15/h1-9H,(H,19,22)(H,20,21). The molecule has 1 amide bonds. The second kappa shape index (κ2) is 5.54. The van der Waals surface area contributed by atoms with Gasteiger partial charge in [-0.3, -0.25) is 9.59 Å². The van der Waals surface area contributed by atoms with Crippen molar-refractivity contribution in [1.29, 1.82) is 5.26 Å². The summed E-state index contributed by atoms with van der Waals surface area (Å²) in [6.07, 6.45) is 0. The van der Waals surface area contributed by atoms with Gasteiger partial charge in [-0.1, -0.05) is 24.3 Å². The molecule has 5 heteroatoms. The molecule has 2 aromatic carbocycles. The van der Waals surface area contributed by atoms with Crippen molar-refractivity contribution in [3.63, 3.8) is 0 Å². The van der Waals surface area contributed by atoms with Gasteiger partial charge in [0.05, 0.1) is 11.6 Å². The van der Waals surface area contributed by atoms with Crippen molar-refractivity contribution >= 4 is 22.4 Å². The molecule has 0 aliphatic rings. The largest absolute Gasteiger partial charge is 0.321 e. The van der Waals surface area contributed by atoms with Gasteiger partial charge < -0.3 is 10.3 Å². The number of H-pyrrole nitrogens is 1. The summed E-state index contributed by atoms with van der Waals surface area (Å²) in [4.78, 5) is 26.8. The molecule has 3 aromatic rings. The normalized spacial score (nSPS) is 10.1. The molecule has 0 saturated carbocycles. The van der Waals surface area contributed by atoms with Crippen LogP contribution in [0.5, 0.6) is 0 Å². The lowest BCUT2D eigenvalue weighted by atomic mass is 10.1. The highest BCUT2D eigenvalue weighted by atomic mass is 16.2. The van der Waals surface area contributed by atoms with Crippen molar-refractivity contribution in [1.82, 2.24) is 4.98 Å². The Hall–Kier alpha value is -3.39. The molecule has 1 heterocycles. The first-order chi connectivity index (χ1) is 10.7. The van der Waals surface area contributed by atoms with Gasteiger partial charge in [0.15, 0.2) is 0 Å². The first-order valence-corrected chi connectivity index (χ1v) is 6.61. The summed E-state index contributed by atoms with van der Waals surface area (Å²) in [5, 5.41) is 12.8. The minimum absolute atomic E-state index is 0.172. The number of carbonyl (C=O) groups is 1. The quantitative estimate of drug-likeness (QED) is 0.760. The van der Waals surface area contributed by atoms with Gasteiger partial charge in [-0.05, 0) is 35.7 Å². The van der Waals surface area contributed by atoms with E-state index < -0.39 is 5.91 Å².